The second kappa shape index (κ2) is 5.59. The minimum atomic E-state index is 0.659. The summed E-state index contributed by atoms with van der Waals surface area (Å²) in [6, 6.07) is 0. The van der Waals surface area contributed by atoms with Crippen LogP contribution in [0.15, 0.2) is 0 Å². The van der Waals surface area contributed by atoms with Crippen molar-refractivity contribution >= 4 is 12.2 Å². The summed E-state index contributed by atoms with van der Waals surface area (Å²) in [5, 5.41) is 7.22. The van der Waals surface area contributed by atoms with Crippen LogP contribution in [0.2, 0.25) is 0 Å². The van der Waals surface area contributed by atoms with Crippen LogP contribution in [0, 0.1) is 4.77 Å². The van der Waals surface area contributed by atoms with Gasteiger partial charge in [0.15, 0.2) is 4.77 Å². The number of aromatic amines is 1. The van der Waals surface area contributed by atoms with E-state index in [9.17, 15) is 0 Å². The van der Waals surface area contributed by atoms with E-state index in [1.165, 1.54) is 19.3 Å². The van der Waals surface area contributed by atoms with Gasteiger partial charge in [-0.15, -0.1) is 0 Å². The molecule has 1 heterocycles. The van der Waals surface area contributed by atoms with Gasteiger partial charge in [0.05, 0.1) is 0 Å². The van der Waals surface area contributed by atoms with E-state index < -0.39 is 0 Å². The molecule has 1 aliphatic rings. The van der Waals surface area contributed by atoms with Crippen molar-refractivity contribution < 1.29 is 4.74 Å². The Morgan fingerprint density at radius 2 is 2.25 bits per heavy atom. The van der Waals surface area contributed by atoms with Crippen molar-refractivity contribution in [2.75, 3.05) is 13.7 Å². The van der Waals surface area contributed by atoms with Gasteiger partial charge in [0.25, 0.3) is 0 Å². The quantitative estimate of drug-likeness (QED) is 0.589. The molecule has 0 unspecified atom stereocenters. The predicted molar refractivity (Wildman–Crippen MR) is 65.1 cm³/mol. The van der Waals surface area contributed by atoms with Crippen LogP contribution in [0.25, 0.3) is 0 Å². The fourth-order valence-corrected chi connectivity index (χ4v) is 2.12. The maximum atomic E-state index is 5.24. The van der Waals surface area contributed by atoms with Crippen LogP contribution < -0.4 is 0 Å². The van der Waals surface area contributed by atoms with Crippen molar-refractivity contribution in [3.05, 3.63) is 10.6 Å². The molecule has 1 saturated carbocycles. The zero-order valence-corrected chi connectivity index (χ0v) is 10.6. The standard InChI is InChI=1S/C11H19N3OS/c1-15-8-4-2-3-7-14-10(9-5-6-9)12-13-11(14)16/h9H,2-8H2,1H3,(H,13,16). The van der Waals surface area contributed by atoms with E-state index in [0.717, 1.165) is 36.6 Å². The molecule has 1 aliphatic carbocycles. The summed E-state index contributed by atoms with van der Waals surface area (Å²) in [5.41, 5.74) is 0. The molecule has 0 bridgehead atoms. The molecule has 1 N–H and O–H groups in total. The Kier molecular flexibility index (Phi) is 4.12. The maximum absolute atomic E-state index is 5.24. The highest BCUT2D eigenvalue weighted by Crippen LogP contribution is 2.38. The molecule has 0 aliphatic heterocycles. The highest BCUT2D eigenvalue weighted by molar-refractivity contribution is 7.71. The van der Waals surface area contributed by atoms with E-state index in [-0.39, 0.29) is 0 Å². The first-order chi connectivity index (χ1) is 7.83. The Morgan fingerprint density at radius 1 is 1.44 bits per heavy atom. The lowest BCUT2D eigenvalue weighted by Crippen LogP contribution is -2.03. The van der Waals surface area contributed by atoms with Gasteiger partial charge in [0.2, 0.25) is 0 Å². The molecule has 1 aromatic heterocycles. The number of methoxy groups -OCH3 is 1. The molecule has 0 amide bonds. The predicted octanol–water partition coefficient (Wildman–Crippen LogP) is 2.63. The lowest BCUT2D eigenvalue weighted by Gasteiger charge is -2.05. The van der Waals surface area contributed by atoms with Gasteiger partial charge in [-0.2, -0.15) is 5.10 Å². The fourth-order valence-electron chi connectivity index (χ4n) is 1.89. The summed E-state index contributed by atoms with van der Waals surface area (Å²) in [6.45, 7) is 1.84. The number of ether oxygens (including phenoxy) is 1. The number of hydrogen-bond acceptors (Lipinski definition) is 3. The Labute approximate surface area is 101 Å². The van der Waals surface area contributed by atoms with Crippen molar-refractivity contribution in [1.29, 1.82) is 0 Å². The minimum Gasteiger partial charge on any atom is -0.385 e. The third-order valence-electron chi connectivity index (χ3n) is 2.96. The zero-order chi connectivity index (χ0) is 11.4. The monoisotopic (exact) mass is 241 g/mol. The SMILES string of the molecule is COCCCCCn1c(C2CC2)n[nH]c1=S. The summed E-state index contributed by atoms with van der Waals surface area (Å²) in [6.07, 6.45) is 5.99. The van der Waals surface area contributed by atoms with Crippen LogP contribution in [0.1, 0.15) is 43.8 Å². The summed E-state index contributed by atoms with van der Waals surface area (Å²) < 4.78 is 7.97. The van der Waals surface area contributed by atoms with Gasteiger partial charge >= 0.3 is 0 Å². The number of nitrogens with one attached hydrogen (secondary N) is 1. The molecule has 0 saturated heterocycles. The average molecular weight is 241 g/mol. The second-order valence-corrected chi connectivity index (χ2v) is 4.75. The van der Waals surface area contributed by atoms with Gasteiger partial charge in [0.1, 0.15) is 5.82 Å². The van der Waals surface area contributed by atoms with E-state index in [1.807, 2.05) is 0 Å². The van der Waals surface area contributed by atoms with E-state index in [4.69, 9.17) is 17.0 Å². The van der Waals surface area contributed by atoms with Gasteiger partial charge in [0, 0.05) is 26.2 Å². The molecule has 90 valence electrons. The second-order valence-electron chi connectivity index (χ2n) is 4.37. The van der Waals surface area contributed by atoms with Crippen LogP contribution in [-0.2, 0) is 11.3 Å². The number of nitrogens with zero attached hydrogens (tertiary/aromatic N) is 2. The Morgan fingerprint density at radius 3 is 2.94 bits per heavy atom. The first kappa shape index (κ1) is 11.8. The average Bonchev–Trinajstić information content (AvgIpc) is 3.05. The van der Waals surface area contributed by atoms with Crippen LogP contribution in [-0.4, -0.2) is 28.5 Å². The third-order valence-corrected chi connectivity index (χ3v) is 3.27. The first-order valence-electron chi connectivity index (χ1n) is 5.97. The van der Waals surface area contributed by atoms with Crippen molar-refractivity contribution in [3.63, 3.8) is 0 Å². The topological polar surface area (TPSA) is 42.8 Å². The normalized spacial score (nSPS) is 15.6. The lowest BCUT2D eigenvalue weighted by molar-refractivity contribution is 0.191. The molecule has 0 aromatic carbocycles. The van der Waals surface area contributed by atoms with Crippen molar-refractivity contribution in [3.8, 4) is 0 Å². The van der Waals surface area contributed by atoms with E-state index >= 15 is 0 Å². The van der Waals surface area contributed by atoms with Gasteiger partial charge in [-0.1, -0.05) is 0 Å². The summed E-state index contributed by atoms with van der Waals surface area (Å²) in [5.74, 6) is 1.82. The molecule has 1 aromatic rings. The van der Waals surface area contributed by atoms with Crippen molar-refractivity contribution in [2.45, 2.75) is 44.6 Å². The van der Waals surface area contributed by atoms with E-state index in [0.29, 0.717) is 5.92 Å². The van der Waals surface area contributed by atoms with Crippen molar-refractivity contribution in [1.82, 2.24) is 14.8 Å². The third kappa shape index (κ3) is 2.92. The van der Waals surface area contributed by atoms with Crippen LogP contribution >= 0.6 is 12.2 Å². The first-order valence-corrected chi connectivity index (χ1v) is 6.38. The molecular weight excluding hydrogens is 222 g/mol. The minimum absolute atomic E-state index is 0.659. The molecule has 16 heavy (non-hydrogen) atoms. The van der Waals surface area contributed by atoms with Crippen LogP contribution in [0.4, 0.5) is 0 Å². The number of rotatable bonds is 7. The van der Waals surface area contributed by atoms with E-state index in [1.54, 1.807) is 7.11 Å². The molecule has 2 rings (SSSR count). The summed E-state index contributed by atoms with van der Waals surface area (Å²) in [7, 11) is 1.75. The Hall–Kier alpha value is -0.680. The number of hydrogen-bond donors (Lipinski definition) is 1. The molecule has 4 nitrogen and oxygen atoms in total. The zero-order valence-electron chi connectivity index (χ0n) is 9.74. The summed E-state index contributed by atoms with van der Waals surface area (Å²) in [4.78, 5) is 0. The maximum Gasteiger partial charge on any atom is 0.195 e. The fraction of sp³-hybridized carbons (Fsp3) is 0.818. The molecule has 0 spiro atoms. The largest absolute Gasteiger partial charge is 0.385 e. The van der Waals surface area contributed by atoms with Crippen LogP contribution in [0.3, 0.4) is 0 Å². The lowest BCUT2D eigenvalue weighted by atomic mass is 10.2. The highest BCUT2D eigenvalue weighted by atomic mass is 32.1. The van der Waals surface area contributed by atoms with Crippen molar-refractivity contribution in [2.24, 2.45) is 0 Å². The van der Waals surface area contributed by atoms with Gasteiger partial charge in [-0.3, -0.25) is 5.10 Å². The summed E-state index contributed by atoms with van der Waals surface area (Å²) >= 11 is 5.24. The molecule has 0 atom stereocenters. The van der Waals surface area contributed by atoms with E-state index in [2.05, 4.69) is 14.8 Å². The molecule has 1 fully saturated rings. The van der Waals surface area contributed by atoms with Crippen LogP contribution in [0.5, 0.6) is 0 Å². The molecule has 0 radical (unpaired) electrons. The number of H-pyrrole nitrogens is 1. The molecular formula is C11H19N3OS. The Balaban J connectivity index is 1.83. The Bertz CT molecular complexity index is 381. The number of aromatic nitrogens is 3. The smallest absolute Gasteiger partial charge is 0.195 e. The van der Waals surface area contributed by atoms with Gasteiger partial charge < -0.3 is 9.30 Å². The molecule has 5 heteroatoms. The number of unbranched alkanes of at least 4 members (excludes halogenated alkanes) is 2. The highest BCUT2D eigenvalue weighted by Gasteiger charge is 2.28. The van der Waals surface area contributed by atoms with Gasteiger partial charge in [-0.05, 0) is 44.3 Å². The van der Waals surface area contributed by atoms with Gasteiger partial charge in [-0.25, -0.2) is 0 Å².